The zero-order valence-electron chi connectivity index (χ0n) is 7.62. The minimum Gasteiger partial charge on any atom is -0.480 e. The monoisotopic (exact) mass is 186 g/mol. The number of Topliss-reactive ketones (excluding diaryl/α,β-unsaturated/α-hetero) is 1. The molecule has 0 spiro atoms. The van der Waals surface area contributed by atoms with Crippen molar-refractivity contribution in [1.82, 2.24) is 0 Å². The highest BCUT2D eigenvalue weighted by molar-refractivity contribution is 6.02. The number of hydrogen-bond acceptors (Lipinski definition) is 3. The van der Waals surface area contributed by atoms with Crippen LogP contribution in [0.1, 0.15) is 32.6 Å². The predicted molar refractivity (Wildman–Crippen MR) is 45.2 cm³/mol. The molecule has 1 aliphatic carbocycles. The Balaban J connectivity index is 3.00. The molecule has 0 amide bonds. The largest absolute Gasteiger partial charge is 0.480 e. The maximum atomic E-state index is 11.2. The minimum atomic E-state index is -1.53. The number of carboxylic acid groups (broad SMARTS) is 1. The number of aliphatic hydroxyl groups is 1. The Hall–Kier alpha value is -0.900. The molecule has 0 aliphatic heterocycles. The van der Waals surface area contributed by atoms with Crippen LogP contribution in [0, 0.1) is 5.41 Å². The maximum absolute atomic E-state index is 11.2. The number of ketones is 1. The van der Waals surface area contributed by atoms with Crippen molar-refractivity contribution in [3.05, 3.63) is 0 Å². The number of carbonyl (C=O) groups is 2. The van der Waals surface area contributed by atoms with Gasteiger partial charge in [0.15, 0.2) is 5.41 Å². The Morgan fingerprint density at radius 3 is 2.31 bits per heavy atom. The summed E-state index contributed by atoms with van der Waals surface area (Å²) in [6.07, 6.45) is 1.15. The summed E-state index contributed by atoms with van der Waals surface area (Å²) in [6, 6.07) is 0. The molecule has 4 nitrogen and oxygen atoms in total. The van der Waals surface area contributed by atoms with Gasteiger partial charge in [0.25, 0.3) is 0 Å². The fourth-order valence-corrected chi connectivity index (χ4v) is 1.97. The van der Waals surface area contributed by atoms with E-state index in [0.29, 0.717) is 12.8 Å². The van der Waals surface area contributed by atoms with E-state index in [1.807, 2.05) is 0 Å². The quantitative estimate of drug-likeness (QED) is 0.618. The lowest BCUT2D eigenvalue weighted by Crippen LogP contribution is -2.49. The average molecular weight is 186 g/mol. The maximum Gasteiger partial charge on any atom is 0.319 e. The van der Waals surface area contributed by atoms with E-state index in [4.69, 9.17) is 5.11 Å². The van der Waals surface area contributed by atoms with Crippen LogP contribution in [0.5, 0.6) is 0 Å². The Kier molecular flexibility index (Phi) is 2.71. The molecule has 4 heteroatoms. The molecule has 1 fully saturated rings. The van der Waals surface area contributed by atoms with Crippen LogP contribution in [0.3, 0.4) is 0 Å². The van der Waals surface area contributed by atoms with E-state index in [9.17, 15) is 14.7 Å². The molecule has 2 atom stereocenters. The first kappa shape index (κ1) is 10.2. The summed E-state index contributed by atoms with van der Waals surface area (Å²) in [4.78, 5) is 22.2. The molecule has 0 aromatic carbocycles. The van der Waals surface area contributed by atoms with E-state index in [1.165, 1.54) is 6.92 Å². The SMILES string of the molecule is CC(=O)C1(C(=O)O)CCCCC1O. The van der Waals surface area contributed by atoms with E-state index in [2.05, 4.69) is 0 Å². The van der Waals surface area contributed by atoms with Gasteiger partial charge in [-0.15, -0.1) is 0 Å². The molecule has 1 saturated carbocycles. The minimum absolute atomic E-state index is 0.263. The van der Waals surface area contributed by atoms with Crippen molar-refractivity contribution in [1.29, 1.82) is 0 Å². The van der Waals surface area contributed by atoms with Crippen LogP contribution in [0.2, 0.25) is 0 Å². The van der Waals surface area contributed by atoms with Crippen molar-refractivity contribution in [3.63, 3.8) is 0 Å². The third-order valence-electron chi connectivity index (χ3n) is 2.88. The Labute approximate surface area is 76.6 Å². The fraction of sp³-hybridized carbons (Fsp3) is 0.778. The first-order valence-electron chi connectivity index (χ1n) is 4.44. The van der Waals surface area contributed by atoms with Gasteiger partial charge in [0.05, 0.1) is 6.10 Å². The third kappa shape index (κ3) is 1.46. The number of carbonyl (C=O) groups excluding carboxylic acids is 1. The molecule has 1 aliphatic rings. The number of rotatable bonds is 2. The molecule has 0 radical (unpaired) electrons. The fourth-order valence-electron chi connectivity index (χ4n) is 1.97. The highest BCUT2D eigenvalue weighted by Crippen LogP contribution is 2.37. The molecule has 0 heterocycles. The molecule has 0 saturated heterocycles. The topological polar surface area (TPSA) is 74.6 Å². The van der Waals surface area contributed by atoms with E-state index in [0.717, 1.165) is 6.42 Å². The van der Waals surface area contributed by atoms with Gasteiger partial charge in [0, 0.05) is 0 Å². The zero-order chi connectivity index (χ0) is 10.1. The Morgan fingerprint density at radius 2 is 2.00 bits per heavy atom. The standard InChI is InChI=1S/C9H14O4/c1-6(10)9(8(12)13)5-3-2-4-7(9)11/h7,11H,2-5H2,1H3,(H,12,13). The normalized spacial score (nSPS) is 34.2. The lowest BCUT2D eigenvalue weighted by molar-refractivity contribution is -0.165. The summed E-state index contributed by atoms with van der Waals surface area (Å²) in [5.41, 5.74) is -1.53. The van der Waals surface area contributed by atoms with Crippen LogP contribution in [0.4, 0.5) is 0 Å². The van der Waals surface area contributed by atoms with Crippen LogP contribution in [0.15, 0.2) is 0 Å². The molecule has 2 unspecified atom stereocenters. The highest BCUT2D eigenvalue weighted by atomic mass is 16.4. The van der Waals surface area contributed by atoms with Gasteiger partial charge in [-0.25, -0.2) is 0 Å². The van der Waals surface area contributed by atoms with E-state index < -0.39 is 23.3 Å². The number of aliphatic carboxylic acids is 1. The molecule has 0 bridgehead atoms. The van der Waals surface area contributed by atoms with E-state index >= 15 is 0 Å². The smallest absolute Gasteiger partial charge is 0.319 e. The van der Waals surface area contributed by atoms with Crippen LogP contribution in [-0.4, -0.2) is 28.1 Å². The van der Waals surface area contributed by atoms with E-state index in [-0.39, 0.29) is 6.42 Å². The van der Waals surface area contributed by atoms with Gasteiger partial charge in [-0.3, -0.25) is 9.59 Å². The van der Waals surface area contributed by atoms with Gasteiger partial charge < -0.3 is 10.2 Å². The van der Waals surface area contributed by atoms with Crippen LogP contribution in [0.25, 0.3) is 0 Å². The zero-order valence-corrected chi connectivity index (χ0v) is 7.62. The molecular weight excluding hydrogens is 172 g/mol. The van der Waals surface area contributed by atoms with Crippen molar-refractivity contribution in [2.24, 2.45) is 5.41 Å². The third-order valence-corrected chi connectivity index (χ3v) is 2.88. The molecule has 0 aromatic rings. The number of carboxylic acids is 1. The Bertz CT molecular complexity index is 220. The van der Waals surface area contributed by atoms with Gasteiger partial charge in [-0.1, -0.05) is 12.8 Å². The van der Waals surface area contributed by atoms with Crippen molar-refractivity contribution >= 4 is 11.8 Å². The summed E-state index contributed by atoms with van der Waals surface area (Å²) in [6.45, 7) is 1.24. The van der Waals surface area contributed by atoms with Crippen LogP contribution in [-0.2, 0) is 9.59 Å². The first-order chi connectivity index (χ1) is 6.01. The summed E-state index contributed by atoms with van der Waals surface area (Å²) in [7, 11) is 0. The van der Waals surface area contributed by atoms with Gasteiger partial charge >= 0.3 is 5.97 Å². The highest BCUT2D eigenvalue weighted by Gasteiger charge is 2.50. The second-order valence-electron chi connectivity index (χ2n) is 3.59. The van der Waals surface area contributed by atoms with Gasteiger partial charge in [0.1, 0.15) is 5.78 Å². The lowest BCUT2D eigenvalue weighted by atomic mass is 9.69. The molecule has 13 heavy (non-hydrogen) atoms. The molecule has 74 valence electrons. The molecular formula is C9H14O4. The van der Waals surface area contributed by atoms with Crippen molar-refractivity contribution in [2.75, 3.05) is 0 Å². The summed E-state index contributed by atoms with van der Waals surface area (Å²) in [5, 5.41) is 18.5. The second-order valence-corrected chi connectivity index (χ2v) is 3.59. The van der Waals surface area contributed by atoms with Crippen molar-refractivity contribution < 1.29 is 19.8 Å². The van der Waals surface area contributed by atoms with E-state index in [1.54, 1.807) is 0 Å². The first-order valence-corrected chi connectivity index (χ1v) is 4.44. The number of aliphatic hydroxyl groups excluding tert-OH is 1. The molecule has 1 rings (SSSR count). The van der Waals surface area contributed by atoms with Crippen LogP contribution >= 0.6 is 0 Å². The lowest BCUT2D eigenvalue weighted by Gasteiger charge is -2.35. The summed E-state index contributed by atoms with van der Waals surface area (Å²) >= 11 is 0. The van der Waals surface area contributed by atoms with Gasteiger partial charge in [0.2, 0.25) is 0 Å². The molecule has 2 N–H and O–H groups in total. The van der Waals surface area contributed by atoms with Crippen LogP contribution < -0.4 is 0 Å². The summed E-state index contributed by atoms with van der Waals surface area (Å²) < 4.78 is 0. The predicted octanol–water partition coefficient (Wildman–Crippen LogP) is 0.581. The van der Waals surface area contributed by atoms with Gasteiger partial charge in [-0.2, -0.15) is 0 Å². The summed E-state index contributed by atoms with van der Waals surface area (Å²) in [5.74, 6) is -1.63. The van der Waals surface area contributed by atoms with Crippen molar-refractivity contribution in [3.8, 4) is 0 Å². The molecule has 0 aromatic heterocycles. The number of hydrogen-bond donors (Lipinski definition) is 2. The van der Waals surface area contributed by atoms with Crippen molar-refractivity contribution in [2.45, 2.75) is 38.7 Å². The average Bonchev–Trinajstić information content (AvgIpc) is 2.04. The van der Waals surface area contributed by atoms with Gasteiger partial charge in [-0.05, 0) is 19.8 Å². The Morgan fingerprint density at radius 1 is 1.38 bits per heavy atom. The second kappa shape index (κ2) is 3.46.